The number of rotatable bonds is 7. The molecule has 3 heteroatoms. The highest BCUT2D eigenvalue weighted by atomic mass is 28.4. The summed E-state index contributed by atoms with van der Waals surface area (Å²) in [7, 11) is -1.83. The Bertz CT molecular complexity index is 528. The van der Waals surface area contributed by atoms with E-state index in [9.17, 15) is 5.11 Å². The zero-order chi connectivity index (χ0) is 17.7. The Hall–Kier alpha value is -1.16. The first kappa shape index (κ1) is 19.9. The highest BCUT2D eigenvalue weighted by Crippen LogP contribution is 2.36. The van der Waals surface area contributed by atoms with Crippen molar-refractivity contribution in [2.75, 3.05) is 6.61 Å². The number of aliphatic hydroxyl groups is 1. The van der Waals surface area contributed by atoms with E-state index in [1.165, 1.54) is 0 Å². The molecule has 0 amide bonds. The van der Waals surface area contributed by atoms with Gasteiger partial charge in [0.2, 0.25) is 0 Å². The summed E-state index contributed by atoms with van der Waals surface area (Å²) in [5, 5.41) is 10.4. The van der Waals surface area contributed by atoms with E-state index < -0.39 is 14.4 Å². The Labute approximate surface area is 143 Å². The third-order valence-corrected chi connectivity index (χ3v) is 9.41. The fourth-order valence-electron chi connectivity index (χ4n) is 1.96. The molecule has 1 rings (SSSR count). The third-order valence-electron chi connectivity index (χ3n) is 4.91. The van der Waals surface area contributed by atoms with Crippen molar-refractivity contribution in [3.63, 3.8) is 0 Å². The first-order chi connectivity index (χ1) is 10.5. The van der Waals surface area contributed by atoms with Crippen LogP contribution in [0, 0.1) is 0 Å². The number of hydrogen-bond acceptors (Lipinski definition) is 2. The lowest BCUT2D eigenvalue weighted by molar-refractivity contribution is 0.135. The van der Waals surface area contributed by atoms with Crippen LogP contribution in [0.3, 0.4) is 0 Å². The molecule has 1 aromatic carbocycles. The Kier molecular flexibility index (Phi) is 6.57. The number of aliphatic hydroxyl groups excluding tert-OH is 1. The minimum absolute atomic E-state index is 0.149. The van der Waals surface area contributed by atoms with Gasteiger partial charge in [0.1, 0.15) is 0 Å². The molecule has 1 aromatic rings. The molecular weight excluding hydrogens is 300 g/mol. The first-order valence-electron chi connectivity index (χ1n) is 8.22. The molecule has 0 aliphatic heterocycles. The Morgan fingerprint density at radius 1 is 1.17 bits per heavy atom. The van der Waals surface area contributed by atoms with Gasteiger partial charge in [-0.05, 0) is 30.6 Å². The van der Waals surface area contributed by atoms with Crippen LogP contribution >= 0.6 is 0 Å². The van der Waals surface area contributed by atoms with E-state index in [1.807, 2.05) is 36.4 Å². The predicted molar refractivity (Wildman–Crippen MR) is 102 cm³/mol. The van der Waals surface area contributed by atoms with Gasteiger partial charge in [-0.25, -0.2) is 0 Å². The Morgan fingerprint density at radius 2 is 1.74 bits per heavy atom. The van der Waals surface area contributed by atoms with Crippen LogP contribution in [0.15, 0.2) is 55.1 Å². The molecule has 0 aliphatic carbocycles. The molecule has 0 spiro atoms. The Morgan fingerprint density at radius 3 is 2.22 bits per heavy atom. The molecule has 0 heterocycles. The molecule has 2 nitrogen and oxygen atoms in total. The third kappa shape index (κ3) is 5.45. The lowest BCUT2D eigenvalue weighted by atomic mass is 9.82. The van der Waals surface area contributed by atoms with Crippen molar-refractivity contribution in [2.45, 2.75) is 57.3 Å². The van der Waals surface area contributed by atoms with Crippen molar-refractivity contribution in [2.24, 2.45) is 0 Å². The van der Waals surface area contributed by atoms with Gasteiger partial charge in [0.15, 0.2) is 8.32 Å². The molecule has 0 fully saturated rings. The topological polar surface area (TPSA) is 29.5 Å². The lowest BCUT2D eigenvalue weighted by Gasteiger charge is -2.36. The number of benzene rings is 1. The molecule has 0 saturated heterocycles. The monoisotopic (exact) mass is 332 g/mol. The van der Waals surface area contributed by atoms with Gasteiger partial charge in [-0.1, -0.05) is 69.3 Å². The second kappa shape index (κ2) is 7.60. The maximum Gasteiger partial charge on any atom is 0.192 e. The maximum absolute atomic E-state index is 10.3. The molecule has 0 radical (unpaired) electrons. The summed E-state index contributed by atoms with van der Waals surface area (Å²) in [5.41, 5.74) is 0.864. The number of hydrogen-bond donors (Lipinski definition) is 1. The average Bonchev–Trinajstić information content (AvgIpc) is 2.50. The van der Waals surface area contributed by atoms with E-state index in [1.54, 1.807) is 0 Å². The standard InChI is InChI=1S/C20H32O2Si/c1-8-20(5,17-12-10-9-11-13-17)15-14-18(21)16-22-23(6,7)19(2,3)4/h8-15,18,21H,1,16H2,2-7H3/b15-14+/t18-,20+/m0/s1. The molecule has 0 bridgehead atoms. The largest absolute Gasteiger partial charge is 0.414 e. The highest BCUT2D eigenvalue weighted by molar-refractivity contribution is 6.74. The Balaban J connectivity index is 2.74. The molecule has 2 atom stereocenters. The SMILES string of the molecule is C=C[C@](C)(/C=C/[C@H](O)CO[Si](C)(C)C(C)(C)C)c1ccccc1. The van der Waals surface area contributed by atoms with Gasteiger partial charge in [0, 0.05) is 5.41 Å². The molecule has 0 aliphatic rings. The zero-order valence-corrected chi connectivity index (χ0v) is 16.5. The fraction of sp³-hybridized carbons (Fsp3) is 0.500. The van der Waals surface area contributed by atoms with Crippen LogP contribution in [0.25, 0.3) is 0 Å². The van der Waals surface area contributed by atoms with Gasteiger partial charge in [-0.3, -0.25) is 0 Å². The normalized spacial score (nSPS) is 17.0. The van der Waals surface area contributed by atoms with E-state index >= 15 is 0 Å². The van der Waals surface area contributed by atoms with Crippen molar-refractivity contribution < 1.29 is 9.53 Å². The molecule has 1 N–H and O–H groups in total. The van der Waals surface area contributed by atoms with Gasteiger partial charge < -0.3 is 9.53 Å². The summed E-state index contributed by atoms with van der Waals surface area (Å²) in [5.74, 6) is 0. The van der Waals surface area contributed by atoms with Crippen molar-refractivity contribution >= 4 is 8.32 Å². The maximum atomic E-state index is 10.3. The molecule has 0 aromatic heterocycles. The highest BCUT2D eigenvalue weighted by Gasteiger charge is 2.37. The summed E-state index contributed by atoms with van der Waals surface area (Å²) >= 11 is 0. The molecular formula is C20H32O2Si. The fourth-order valence-corrected chi connectivity index (χ4v) is 2.98. The van der Waals surface area contributed by atoms with Crippen molar-refractivity contribution in [1.82, 2.24) is 0 Å². The van der Waals surface area contributed by atoms with Crippen molar-refractivity contribution in [3.05, 3.63) is 60.7 Å². The van der Waals surface area contributed by atoms with Crippen LogP contribution in [-0.4, -0.2) is 26.1 Å². The van der Waals surface area contributed by atoms with Gasteiger partial charge in [-0.15, -0.1) is 6.58 Å². The van der Waals surface area contributed by atoms with Crippen LogP contribution < -0.4 is 0 Å². The molecule has 0 saturated carbocycles. The van der Waals surface area contributed by atoms with E-state index in [2.05, 4.69) is 59.5 Å². The van der Waals surface area contributed by atoms with E-state index in [-0.39, 0.29) is 10.5 Å². The molecule has 23 heavy (non-hydrogen) atoms. The summed E-state index contributed by atoms with van der Waals surface area (Å²) in [4.78, 5) is 0. The van der Waals surface area contributed by atoms with Gasteiger partial charge in [0.25, 0.3) is 0 Å². The number of allylic oxidation sites excluding steroid dienone is 2. The quantitative estimate of drug-likeness (QED) is 0.558. The van der Waals surface area contributed by atoms with Crippen LogP contribution in [-0.2, 0) is 9.84 Å². The molecule has 0 unspecified atom stereocenters. The minimum atomic E-state index is -1.83. The smallest absolute Gasteiger partial charge is 0.192 e. The van der Waals surface area contributed by atoms with Crippen LogP contribution in [0.2, 0.25) is 18.1 Å². The molecule has 128 valence electrons. The van der Waals surface area contributed by atoms with Gasteiger partial charge in [0.05, 0.1) is 12.7 Å². The van der Waals surface area contributed by atoms with Gasteiger partial charge >= 0.3 is 0 Å². The first-order valence-corrected chi connectivity index (χ1v) is 11.1. The van der Waals surface area contributed by atoms with Crippen molar-refractivity contribution in [3.8, 4) is 0 Å². The van der Waals surface area contributed by atoms with Crippen LogP contribution in [0.5, 0.6) is 0 Å². The lowest BCUT2D eigenvalue weighted by Crippen LogP contribution is -2.42. The van der Waals surface area contributed by atoms with Crippen molar-refractivity contribution in [1.29, 1.82) is 0 Å². The van der Waals surface area contributed by atoms with Crippen LogP contribution in [0.1, 0.15) is 33.3 Å². The van der Waals surface area contributed by atoms with Gasteiger partial charge in [-0.2, -0.15) is 0 Å². The summed E-state index contributed by atoms with van der Waals surface area (Å²) < 4.78 is 6.07. The van der Waals surface area contributed by atoms with E-state index in [4.69, 9.17) is 4.43 Å². The second-order valence-corrected chi connectivity index (χ2v) is 12.7. The summed E-state index contributed by atoms with van der Waals surface area (Å²) in [6.45, 7) is 17.4. The second-order valence-electron chi connectivity index (χ2n) is 7.85. The zero-order valence-electron chi connectivity index (χ0n) is 15.5. The average molecular weight is 333 g/mol. The van der Waals surface area contributed by atoms with Crippen LogP contribution in [0.4, 0.5) is 0 Å². The van der Waals surface area contributed by atoms with E-state index in [0.29, 0.717) is 6.61 Å². The summed E-state index contributed by atoms with van der Waals surface area (Å²) in [6, 6.07) is 10.2. The van der Waals surface area contributed by atoms with E-state index in [0.717, 1.165) is 5.56 Å². The predicted octanol–water partition coefficient (Wildman–Crippen LogP) is 5.07. The minimum Gasteiger partial charge on any atom is -0.414 e. The summed E-state index contributed by atoms with van der Waals surface area (Å²) in [6.07, 6.45) is 5.13.